The predicted molar refractivity (Wildman–Crippen MR) is 69.5 cm³/mol. The molecule has 8 nitrogen and oxygen atoms in total. The van der Waals surface area contributed by atoms with Crippen molar-refractivity contribution in [1.29, 1.82) is 0 Å². The number of amides is 2. The van der Waals surface area contributed by atoms with E-state index in [0.717, 1.165) is 5.56 Å². The summed E-state index contributed by atoms with van der Waals surface area (Å²) in [5, 5.41) is 23.7. The summed E-state index contributed by atoms with van der Waals surface area (Å²) in [6, 6.07) is 5.75. The van der Waals surface area contributed by atoms with Crippen molar-refractivity contribution in [2.24, 2.45) is 0 Å². The molecule has 1 aromatic rings. The third-order valence-electron chi connectivity index (χ3n) is 2.64. The largest absolute Gasteiger partial charge is 0.548 e. The maximum absolute atomic E-state index is 11.7. The normalized spacial score (nSPS) is 11.5. The highest BCUT2D eigenvalue weighted by Crippen LogP contribution is 2.10. The summed E-state index contributed by atoms with van der Waals surface area (Å²) in [7, 11) is 0. The van der Waals surface area contributed by atoms with Gasteiger partial charge in [0.15, 0.2) is 6.04 Å². The van der Waals surface area contributed by atoms with Gasteiger partial charge in [-0.25, -0.2) is 0 Å². The molecule has 0 heterocycles. The lowest BCUT2D eigenvalue weighted by Crippen LogP contribution is -2.68. The number of aliphatic carboxylic acids is 1. The first kappa shape index (κ1) is 16.4. The Hall–Kier alpha value is -2.61. The Morgan fingerprint density at radius 1 is 1.14 bits per heavy atom. The molecule has 0 radical (unpaired) electrons. The number of phenolic OH excluding ortho intramolecular Hbond substituents is 1. The van der Waals surface area contributed by atoms with Crippen molar-refractivity contribution < 1.29 is 30.3 Å². The van der Waals surface area contributed by atoms with Gasteiger partial charge in [-0.1, -0.05) is 12.1 Å². The molecule has 0 bridgehead atoms. The summed E-state index contributed by atoms with van der Waals surface area (Å²) in [4.78, 5) is 33.1. The lowest BCUT2D eigenvalue weighted by molar-refractivity contribution is -0.403. The average molecular weight is 295 g/mol. The number of benzene rings is 1. The van der Waals surface area contributed by atoms with Gasteiger partial charge in [0.25, 0.3) is 5.91 Å². The topological polar surface area (TPSA) is 146 Å². The van der Waals surface area contributed by atoms with Crippen LogP contribution in [0.4, 0.5) is 0 Å². The molecule has 0 aliphatic heterocycles. The van der Waals surface area contributed by atoms with Crippen LogP contribution in [0.1, 0.15) is 5.56 Å². The van der Waals surface area contributed by atoms with Gasteiger partial charge in [-0.3, -0.25) is 9.59 Å². The molecular formula is C13H17N3O5. The number of carbonyl (C=O) groups is 3. The smallest absolute Gasteiger partial charge is 0.278 e. The lowest BCUT2D eigenvalue weighted by atomic mass is 10.1. The average Bonchev–Trinajstić information content (AvgIpc) is 2.44. The van der Waals surface area contributed by atoms with E-state index < -0.39 is 30.4 Å². The van der Waals surface area contributed by atoms with Gasteiger partial charge in [-0.05, 0) is 17.7 Å². The minimum atomic E-state index is -1.41. The summed E-state index contributed by atoms with van der Waals surface area (Å²) in [5.41, 5.74) is 4.52. The molecular weight excluding hydrogens is 278 g/mol. The molecule has 0 spiro atoms. The van der Waals surface area contributed by atoms with Crippen molar-refractivity contribution in [2.45, 2.75) is 12.5 Å². The molecule has 2 amide bonds. The van der Waals surface area contributed by atoms with Crippen molar-refractivity contribution in [3.05, 3.63) is 29.8 Å². The van der Waals surface area contributed by atoms with Crippen LogP contribution < -0.4 is 21.5 Å². The first-order valence-electron chi connectivity index (χ1n) is 6.23. The molecule has 0 aliphatic rings. The van der Waals surface area contributed by atoms with E-state index in [1.165, 1.54) is 12.1 Å². The van der Waals surface area contributed by atoms with Gasteiger partial charge in [0, 0.05) is 6.42 Å². The molecule has 0 saturated heterocycles. The molecule has 0 saturated carbocycles. The van der Waals surface area contributed by atoms with Gasteiger partial charge >= 0.3 is 0 Å². The van der Waals surface area contributed by atoms with Crippen LogP contribution in [0.2, 0.25) is 0 Å². The molecule has 8 heteroatoms. The SMILES string of the molecule is [NH3+][C@@H](Cc1ccc(O)cc1)C(=O)NCC(=O)NCC(=O)[O-]. The second-order valence-corrected chi connectivity index (χ2v) is 4.43. The number of quaternary nitrogens is 1. The first-order chi connectivity index (χ1) is 9.88. The highest BCUT2D eigenvalue weighted by Gasteiger charge is 2.18. The summed E-state index contributed by atoms with van der Waals surface area (Å²) in [6.07, 6.45) is 0.354. The van der Waals surface area contributed by atoms with Crippen LogP contribution in [0, 0.1) is 0 Å². The predicted octanol–water partition coefficient (Wildman–Crippen LogP) is -3.47. The number of nitrogens with one attached hydrogen (secondary N) is 2. The Balaban J connectivity index is 2.35. The number of rotatable bonds is 7. The van der Waals surface area contributed by atoms with Crippen molar-refractivity contribution in [3.8, 4) is 5.75 Å². The van der Waals surface area contributed by atoms with Crippen LogP contribution in [0.15, 0.2) is 24.3 Å². The van der Waals surface area contributed by atoms with Crippen molar-refractivity contribution in [1.82, 2.24) is 10.6 Å². The van der Waals surface area contributed by atoms with E-state index in [0.29, 0.717) is 6.42 Å². The second kappa shape index (κ2) is 7.85. The zero-order valence-electron chi connectivity index (χ0n) is 11.3. The molecule has 0 unspecified atom stereocenters. The first-order valence-corrected chi connectivity index (χ1v) is 6.23. The zero-order chi connectivity index (χ0) is 15.8. The minimum Gasteiger partial charge on any atom is -0.548 e. The molecule has 1 rings (SSSR count). The Labute approximate surface area is 120 Å². The van der Waals surface area contributed by atoms with E-state index in [2.05, 4.69) is 16.4 Å². The molecule has 1 aromatic carbocycles. The molecule has 1 atom stereocenters. The van der Waals surface area contributed by atoms with E-state index >= 15 is 0 Å². The summed E-state index contributed by atoms with van der Waals surface area (Å²) in [5.74, 6) is -2.32. The van der Waals surface area contributed by atoms with Gasteiger partial charge in [0.1, 0.15) is 5.75 Å². The van der Waals surface area contributed by atoms with Crippen LogP contribution in [0.3, 0.4) is 0 Å². The number of phenols is 1. The van der Waals surface area contributed by atoms with E-state index in [4.69, 9.17) is 5.11 Å². The monoisotopic (exact) mass is 295 g/mol. The zero-order valence-corrected chi connectivity index (χ0v) is 11.3. The van der Waals surface area contributed by atoms with Crippen LogP contribution in [-0.4, -0.2) is 42.0 Å². The number of hydrogen-bond donors (Lipinski definition) is 4. The summed E-state index contributed by atoms with van der Waals surface area (Å²) in [6.45, 7) is -0.927. The van der Waals surface area contributed by atoms with Crippen LogP contribution in [0.5, 0.6) is 5.75 Å². The molecule has 114 valence electrons. The van der Waals surface area contributed by atoms with Gasteiger partial charge in [0.2, 0.25) is 5.91 Å². The van der Waals surface area contributed by atoms with Crippen LogP contribution in [-0.2, 0) is 20.8 Å². The van der Waals surface area contributed by atoms with Crippen molar-refractivity contribution >= 4 is 17.8 Å². The van der Waals surface area contributed by atoms with E-state index in [1.807, 2.05) is 0 Å². The van der Waals surface area contributed by atoms with Crippen LogP contribution in [0.25, 0.3) is 0 Å². The lowest BCUT2D eigenvalue weighted by Gasteiger charge is -2.10. The number of carbonyl (C=O) groups excluding carboxylic acids is 3. The van der Waals surface area contributed by atoms with E-state index in [9.17, 15) is 19.5 Å². The number of carboxylic acids is 1. The Kier molecular flexibility index (Phi) is 6.15. The molecule has 0 fully saturated rings. The maximum Gasteiger partial charge on any atom is 0.278 e. The van der Waals surface area contributed by atoms with Gasteiger partial charge < -0.3 is 31.4 Å². The third-order valence-corrected chi connectivity index (χ3v) is 2.64. The highest BCUT2D eigenvalue weighted by atomic mass is 16.4. The van der Waals surface area contributed by atoms with Gasteiger partial charge in [0.05, 0.1) is 19.1 Å². The third kappa shape index (κ3) is 6.39. The molecule has 21 heavy (non-hydrogen) atoms. The summed E-state index contributed by atoms with van der Waals surface area (Å²) < 4.78 is 0. The fourth-order valence-corrected chi connectivity index (χ4v) is 1.55. The maximum atomic E-state index is 11.7. The number of hydrogen-bond acceptors (Lipinski definition) is 5. The molecule has 6 N–H and O–H groups in total. The summed E-state index contributed by atoms with van der Waals surface area (Å²) >= 11 is 0. The fraction of sp³-hybridized carbons (Fsp3) is 0.308. The number of aromatic hydroxyl groups is 1. The van der Waals surface area contributed by atoms with E-state index in [1.54, 1.807) is 12.1 Å². The van der Waals surface area contributed by atoms with Crippen LogP contribution >= 0.6 is 0 Å². The fourth-order valence-electron chi connectivity index (χ4n) is 1.55. The molecule has 0 aliphatic carbocycles. The number of carboxylic acid groups (broad SMARTS) is 1. The van der Waals surface area contributed by atoms with Gasteiger partial charge in [-0.2, -0.15) is 0 Å². The Morgan fingerprint density at radius 2 is 1.76 bits per heavy atom. The standard InChI is InChI=1S/C13H17N3O5/c14-10(5-8-1-3-9(17)4-2-8)13(21)16-6-11(18)15-7-12(19)20/h1-4,10,17H,5-7,14H2,(H,15,18)(H,16,21)(H,19,20)/t10-/m0/s1. The molecule has 0 aromatic heterocycles. The van der Waals surface area contributed by atoms with E-state index in [-0.39, 0.29) is 12.3 Å². The Bertz CT molecular complexity index is 515. The highest BCUT2D eigenvalue weighted by molar-refractivity contribution is 5.87. The van der Waals surface area contributed by atoms with Gasteiger partial charge in [-0.15, -0.1) is 0 Å². The Morgan fingerprint density at radius 3 is 2.33 bits per heavy atom. The second-order valence-electron chi connectivity index (χ2n) is 4.43. The van der Waals surface area contributed by atoms with Crippen molar-refractivity contribution in [2.75, 3.05) is 13.1 Å². The quantitative estimate of drug-likeness (QED) is 0.413. The van der Waals surface area contributed by atoms with Crippen molar-refractivity contribution in [3.63, 3.8) is 0 Å². The minimum absolute atomic E-state index is 0.133.